The molecule has 0 aliphatic carbocycles. The minimum absolute atomic E-state index is 0.450. The zero-order chi connectivity index (χ0) is 20.1. The van der Waals surface area contributed by atoms with Gasteiger partial charge in [0, 0.05) is 51.7 Å². The summed E-state index contributed by atoms with van der Waals surface area (Å²) in [6.45, 7) is 7.57. The van der Waals surface area contributed by atoms with Crippen molar-refractivity contribution < 1.29 is 0 Å². The van der Waals surface area contributed by atoms with Crippen molar-refractivity contribution in [3.63, 3.8) is 0 Å². The number of nitrogens with one attached hydrogen (secondary N) is 1. The summed E-state index contributed by atoms with van der Waals surface area (Å²) in [4.78, 5) is 13.9. The van der Waals surface area contributed by atoms with Gasteiger partial charge in [0.1, 0.15) is 0 Å². The van der Waals surface area contributed by atoms with Crippen molar-refractivity contribution in [1.82, 2.24) is 24.7 Å². The molecule has 1 N–H and O–H groups in total. The second kappa shape index (κ2) is 9.44. The molecule has 2 aromatic rings. The maximum Gasteiger partial charge on any atom is 0.193 e. The highest BCUT2D eigenvalue weighted by atomic mass is 15.3. The summed E-state index contributed by atoms with van der Waals surface area (Å²) < 4.78 is 2.25. The van der Waals surface area contributed by atoms with Gasteiger partial charge in [0.2, 0.25) is 0 Å². The molecule has 6 nitrogen and oxygen atoms in total. The van der Waals surface area contributed by atoms with Crippen LogP contribution in [0.1, 0.15) is 37.8 Å². The molecule has 3 unspecified atom stereocenters. The molecular weight excluding hydrogens is 360 g/mol. The Kier molecular flexibility index (Phi) is 6.49. The summed E-state index contributed by atoms with van der Waals surface area (Å²) >= 11 is 0. The lowest BCUT2D eigenvalue weighted by atomic mass is 9.93. The number of hydrogen-bond donors (Lipinski definition) is 1. The van der Waals surface area contributed by atoms with Crippen LogP contribution < -0.4 is 5.32 Å². The lowest BCUT2D eigenvalue weighted by Gasteiger charge is -2.39. The predicted molar refractivity (Wildman–Crippen MR) is 118 cm³/mol. The highest BCUT2D eigenvalue weighted by molar-refractivity contribution is 5.80. The molecule has 0 bridgehead atoms. The summed E-state index contributed by atoms with van der Waals surface area (Å²) in [5.74, 6) is 1.68. The Morgan fingerprint density at radius 1 is 1.21 bits per heavy atom. The Hall–Kier alpha value is -2.34. The number of benzene rings is 1. The molecule has 1 aromatic carbocycles. The smallest absolute Gasteiger partial charge is 0.193 e. The number of piperidine rings is 1. The molecule has 4 rings (SSSR count). The Morgan fingerprint density at radius 3 is 2.83 bits per heavy atom. The zero-order valence-electron chi connectivity index (χ0n) is 17.7. The average molecular weight is 395 g/mol. The molecule has 2 aliphatic heterocycles. The number of aliphatic imine (C=N–C) groups is 1. The van der Waals surface area contributed by atoms with Crippen LogP contribution in [-0.2, 0) is 6.54 Å². The van der Waals surface area contributed by atoms with Crippen LogP contribution in [-0.4, -0.2) is 64.6 Å². The van der Waals surface area contributed by atoms with E-state index < -0.39 is 0 Å². The van der Waals surface area contributed by atoms with E-state index in [0.717, 1.165) is 32.1 Å². The van der Waals surface area contributed by atoms with Gasteiger partial charge in [-0.1, -0.05) is 37.3 Å². The first kappa shape index (κ1) is 20.0. The molecule has 156 valence electrons. The summed E-state index contributed by atoms with van der Waals surface area (Å²) in [6, 6.07) is 11.8. The largest absolute Gasteiger partial charge is 0.355 e. The molecule has 0 amide bonds. The highest BCUT2D eigenvalue weighted by Gasteiger charge is 2.30. The Morgan fingerprint density at radius 2 is 2.07 bits per heavy atom. The van der Waals surface area contributed by atoms with E-state index >= 15 is 0 Å². The lowest BCUT2D eigenvalue weighted by Crippen LogP contribution is -2.51. The van der Waals surface area contributed by atoms with Gasteiger partial charge in [0.15, 0.2) is 5.96 Å². The van der Waals surface area contributed by atoms with Gasteiger partial charge in [-0.2, -0.15) is 0 Å². The number of aromatic nitrogens is 2. The standard InChI is InChI=1S/C23H34N6/c1-19-10-13-28(17-22(19)29-14-11-25-18-29)23(24-2)26-15-21-9-6-12-27(21)16-20-7-4-3-5-8-20/h3-5,7-8,11,14,18-19,21-22H,6,9-10,12-13,15-17H2,1-2H3,(H,24,26). The van der Waals surface area contributed by atoms with Crippen LogP contribution in [0, 0.1) is 5.92 Å². The third-order valence-electron chi connectivity index (χ3n) is 6.56. The molecule has 2 fully saturated rings. The molecule has 0 spiro atoms. The van der Waals surface area contributed by atoms with Crippen molar-refractivity contribution in [3.8, 4) is 0 Å². The molecule has 6 heteroatoms. The summed E-state index contributed by atoms with van der Waals surface area (Å²) in [6.07, 6.45) is 9.61. The van der Waals surface area contributed by atoms with Crippen molar-refractivity contribution in [1.29, 1.82) is 0 Å². The number of likely N-dealkylation sites (tertiary alicyclic amines) is 2. The van der Waals surface area contributed by atoms with Crippen molar-refractivity contribution >= 4 is 5.96 Å². The maximum absolute atomic E-state index is 4.61. The van der Waals surface area contributed by atoms with E-state index in [4.69, 9.17) is 0 Å². The van der Waals surface area contributed by atoms with E-state index in [2.05, 4.69) is 73.1 Å². The number of guanidine groups is 1. The Bertz CT molecular complexity index is 772. The number of rotatable bonds is 5. The minimum atomic E-state index is 0.450. The molecule has 1 aromatic heterocycles. The Labute approximate surface area is 174 Å². The number of imidazole rings is 1. The molecule has 2 saturated heterocycles. The maximum atomic E-state index is 4.61. The van der Waals surface area contributed by atoms with Crippen LogP contribution in [0.2, 0.25) is 0 Å². The molecule has 29 heavy (non-hydrogen) atoms. The van der Waals surface area contributed by atoms with Gasteiger partial charge in [-0.05, 0) is 37.3 Å². The summed E-state index contributed by atoms with van der Waals surface area (Å²) in [5, 5.41) is 3.69. The molecular formula is C23H34N6. The monoisotopic (exact) mass is 394 g/mol. The topological polar surface area (TPSA) is 48.7 Å². The molecule has 0 saturated carbocycles. The van der Waals surface area contributed by atoms with E-state index in [-0.39, 0.29) is 0 Å². The fourth-order valence-electron chi connectivity index (χ4n) is 4.79. The lowest BCUT2D eigenvalue weighted by molar-refractivity contribution is 0.186. The van der Waals surface area contributed by atoms with E-state index in [0.29, 0.717) is 18.0 Å². The van der Waals surface area contributed by atoms with Crippen LogP contribution >= 0.6 is 0 Å². The van der Waals surface area contributed by atoms with E-state index in [9.17, 15) is 0 Å². The summed E-state index contributed by atoms with van der Waals surface area (Å²) in [5.41, 5.74) is 1.40. The van der Waals surface area contributed by atoms with E-state index in [1.165, 1.54) is 31.4 Å². The third-order valence-corrected chi connectivity index (χ3v) is 6.56. The van der Waals surface area contributed by atoms with Crippen LogP contribution in [0.3, 0.4) is 0 Å². The van der Waals surface area contributed by atoms with Gasteiger partial charge in [-0.25, -0.2) is 4.98 Å². The normalized spacial score (nSPS) is 26.1. The average Bonchev–Trinajstić information content (AvgIpc) is 3.43. The van der Waals surface area contributed by atoms with Gasteiger partial charge in [0.05, 0.1) is 12.4 Å². The molecule has 0 radical (unpaired) electrons. The Balaban J connectivity index is 1.34. The van der Waals surface area contributed by atoms with Crippen LogP contribution in [0.4, 0.5) is 0 Å². The SMILES string of the molecule is CN=C(NCC1CCCN1Cc1ccccc1)N1CCC(C)C(n2ccnc2)C1. The van der Waals surface area contributed by atoms with Crippen LogP contribution in [0.5, 0.6) is 0 Å². The number of hydrogen-bond acceptors (Lipinski definition) is 3. The fraction of sp³-hybridized carbons (Fsp3) is 0.565. The summed E-state index contributed by atoms with van der Waals surface area (Å²) in [7, 11) is 1.91. The molecule has 3 heterocycles. The predicted octanol–water partition coefficient (Wildman–Crippen LogP) is 3.01. The first-order valence-corrected chi connectivity index (χ1v) is 11.0. The fourth-order valence-corrected chi connectivity index (χ4v) is 4.79. The second-order valence-corrected chi connectivity index (χ2v) is 8.47. The minimum Gasteiger partial charge on any atom is -0.355 e. The van der Waals surface area contributed by atoms with Crippen molar-refractivity contribution in [2.45, 2.75) is 44.8 Å². The number of nitrogens with zero attached hydrogens (tertiary/aromatic N) is 5. The van der Waals surface area contributed by atoms with Crippen LogP contribution in [0.25, 0.3) is 0 Å². The van der Waals surface area contributed by atoms with Crippen molar-refractivity contribution in [3.05, 3.63) is 54.6 Å². The molecule has 2 aliphatic rings. The van der Waals surface area contributed by atoms with Crippen LogP contribution in [0.15, 0.2) is 54.0 Å². The second-order valence-electron chi connectivity index (χ2n) is 8.47. The van der Waals surface area contributed by atoms with Gasteiger partial charge in [-0.15, -0.1) is 0 Å². The van der Waals surface area contributed by atoms with Crippen molar-refractivity contribution in [2.75, 3.05) is 33.2 Å². The quantitative estimate of drug-likeness (QED) is 0.626. The van der Waals surface area contributed by atoms with E-state index in [1.54, 1.807) is 0 Å². The first-order chi connectivity index (χ1) is 14.2. The third kappa shape index (κ3) is 4.81. The van der Waals surface area contributed by atoms with Gasteiger partial charge in [-0.3, -0.25) is 9.89 Å². The van der Waals surface area contributed by atoms with Gasteiger partial charge >= 0.3 is 0 Å². The van der Waals surface area contributed by atoms with Crippen molar-refractivity contribution in [2.24, 2.45) is 10.9 Å². The highest BCUT2D eigenvalue weighted by Crippen LogP contribution is 2.27. The van der Waals surface area contributed by atoms with Gasteiger partial charge < -0.3 is 14.8 Å². The first-order valence-electron chi connectivity index (χ1n) is 11.0. The molecule has 3 atom stereocenters. The van der Waals surface area contributed by atoms with E-state index in [1.807, 2.05) is 19.6 Å². The zero-order valence-corrected chi connectivity index (χ0v) is 17.7. The van der Waals surface area contributed by atoms with Gasteiger partial charge in [0.25, 0.3) is 0 Å².